The number of nitrogens with zero attached hydrogens (tertiary/aromatic N) is 1. The van der Waals surface area contributed by atoms with E-state index in [-0.39, 0.29) is 17.1 Å². The fourth-order valence-corrected chi connectivity index (χ4v) is 4.15. The number of carbonyl (C=O) groups excluding carboxylic acids is 1. The SMILES string of the molecule is COc1ccc(CN2C(=O)c3oc4ccccc4c(=O)c3C2c2ccc(C)cc2)cc1. The summed E-state index contributed by atoms with van der Waals surface area (Å²) in [5, 5.41) is 0.484. The number of carbonyl (C=O) groups is 1. The molecule has 31 heavy (non-hydrogen) atoms. The van der Waals surface area contributed by atoms with Crippen LogP contribution in [0.15, 0.2) is 82.0 Å². The van der Waals surface area contributed by atoms with E-state index >= 15 is 0 Å². The van der Waals surface area contributed by atoms with E-state index in [1.54, 1.807) is 36.3 Å². The topological polar surface area (TPSA) is 59.8 Å². The summed E-state index contributed by atoms with van der Waals surface area (Å²) in [6.45, 7) is 2.36. The highest BCUT2D eigenvalue weighted by molar-refractivity contribution is 5.99. The average Bonchev–Trinajstić information content (AvgIpc) is 3.07. The Hall–Kier alpha value is -3.86. The largest absolute Gasteiger partial charge is 0.497 e. The van der Waals surface area contributed by atoms with Crippen LogP contribution >= 0.6 is 0 Å². The van der Waals surface area contributed by atoms with Crippen LogP contribution < -0.4 is 10.2 Å². The van der Waals surface area contributed by atoms with Gasteiger partial charge in [0.1, 0.15) is 11.3 Å². The molecular weight excluding hydrogens is 390 g/mol. The molecule has 2 heterocycles. The fourth-order valence-electron chi connectivity index (χ4n) is 4.15. The number of rotatable bonds is 4. The molecule has 1 amide bonds. The first-order chi connectivity index (χ1) is 15.1. The Kier molecular flexibility index (Phi) is 4.59. The highest BCUT2D eigenvalue weighted by Crippen LogP contribution is 2.39. The van der Waals surface area contributed by atoms with E-state index in [1.165, 1.54) is 0 Å². The molecule has 5 rings (SSSR count). The lowest BCUT2D eigenvalue weighted by molar-refractivity contribution is 0.0714. The van der Waals surface area contributed by atoms with Crippen molar-refractivity contribution in [1.29, 1.82) is 0 Å². The predicted molar refractivity (Wildman–Crippen MR) is 118 cm³/mol. The van der Waals surface area contributed by atoms with Crippen LogP contribution in [0.25, 0.3) is 11.0 Å². The Morgan fingerprint density at radius 3 is 2.35 bits per heavy atom. The Morgan fingerprint density at radius 1 is 0.935 bits per heavy atom. The van der Waals surface area contributed by atoms with Gasteiger partial charge >= 0.3 is 0 Å². The minimum absolute atomic E-state index is 0.128. The molecule has 0 saturated carbocycles. The first-order valence-corrected chi connectivity index (χ1v) is 10.1. The molecule has 1 aliphatic rings. The van der Waals surface area contributed by atoms with Crippen LogP contribution in [0, 0.1) is 6.92 Å². The molecule has 1 unspecified atom stereocenters. The van der Waals surface area contributed by atoms with E-state index in [9.17, 15) is 9.59 Å². The third kappa shape index (κ3) is 3.19. The molecule has 0 fully saturated rings. The van der Waals surface area contributed by atoms with Gasteiger partial charge in [0.25, 0.3) is 5.91 Å². The van der Waals surface area contributed by atoms with Crippen molar-refractivity contribution in [2.24, 2.45) is 0 Å². The number of methoxy groups -OCH3 is 1. The second kappa shape index (κ2) is 7.43. The van der Waals surface area contributed by atoms with Crippen molar-refractivity contribution in [3.05, 3.63) is 111 Å². The molecule has 0 bridgehead atoms. The van der Waals surface area contributed by atoms with E-state index in [1.807, 2.05) is 55.5 Å². The molecule has 0 N–H and O–H groups in total. The Labute approximate surface area is 179 Å². The number of benzene rings is 3. The Balaban J connectivity index is 1.67. The molecule has 0 aliphatic carbocycles. The molecule has 4 aromatic rings. The summed E-state index contributed by atoms with van der Waals surface area (Å²) in [6.07, 6.45) is 0. The van der Waals surface area contributed by atoms with Crippen LogP contribution in [-0.4, -0.2) is 17.9 Å². The summed E-state index contributed by atoms with van der Waals surface area (Å²) < 4.78 is 11.2. The number of hydrogen-bond acceptors (Lipinski definition) is 4. The third-order valence-corrected chi connectivity index (χ3v) is 5.78. The molecule has 0 spiro atoms. The molecule has 1 aliphatic heterocycles. The van der Waals surface area contributed by atoms with Gasteiger partial charge in [-0.15, -0.1) is 0 Å². The summed E-state index contributed by atoms with van der Waals surface area (Å²) in [5.74, 6) is 0.597. The highest BCUT2D eigenvalue weighted by Gasteiger charge is 2.42. The van der Waals surface area contributed by atoms with Crippen molar-refractivity contribution in [2.45, 2.75) is 19.5 Å². The van der Waals surface area contributed by atoms with Gasteiger partial charge in [-0.2, -0.15) is 0 Å². The maximum Gasteiger partial charge on any atom is 0.291 e. The van der Waals surface area contributed by atoms with Crippen LogP contribution in [-0.2, 0) is 6.54 Å². The zero-order valence-electron chi connectivity index (χ0n) is 17.3. The standard InChI is InChI=1S/C26H21NO4/c1-16-7-11-18(12-8-16)23-22-24(28)20-5-3-4-6-21(20)31-25(22)26(29)27(23)15-17-9-13-19(30-2)14-10-17/h3-14,23H,15H2,1-2H3. The zero-order chi connectivity index (χ0) is 21.5. The van der Waals surface area contributed by atoms with Gasteiger partial charge in [-0.3, -0.25) is 9.59 Å². The lowest BCUT2D eigenvalue weighted by atomic mass is 9.97. The van der Waals surface area contributed by atoms with Crippen molar-refractivity contribution >= 4 is 16.9 Å². The van der Waals surface area contributed by atoms with Gasteiger partial charge in [-0.05, 0) is 42.3 Å². The van der Waals surface area contributed by atoms with Crippen LogP contribution in [0.2, 0.25) is 0 Å². The van der Waals surface area contributed by atoms with Crippen molar-refractivity contribution in [3.8, 4) is 5.75 Å². The summed E-state index contributed by atoms with van der Waals surface area (Å²) in [5.41, 5.74) is 3.60. The third-order valence-electron chi connectivity index (χ3n) is 5.78. The number of para-hydroxylation sites is 1. The summed E-state index contributed by atoms with van der Waals surface area (Å²) in [4.78, 5) is 28.6. The minimum Gasteiger partial charge on any atom is -0.497 e. The monoisotopic (exact) mass is 411 g/mol. The number of hydrogen-bond donors (Lipinski definition) is 0. The molecule has 154 valence electrons. The lowest BCUT2D eigenvalue weighted by Crippen LogP contribution is -2.29. The molecule has 1 aromatic heterocycles. The second-order valence-electron chi connectivity index (χ2n) is 7.76. The fraction of sp³-hybridized carbons (Fsp3) is 0.154. The molecular formula is C26H21NO4. The van der Waals surface area contributed by atoms with Gasteiger partial charge in [0, 0.05) is 6.54 Å². The van der Waals surface area contributed by atoms with Gasteiger partial charge < -0.3 is 14.1 Å². The van der Waals surface area contributed by atoms with Crippen LogP contribution in [0.5, 0.6) is 5.75 Å². The zero-order valence-corrected chi connectivity index (χ0v) is 17.3. The van der Waals surface area contributed by atoms with E-state index < -0.39 is 6.04 Å². The van der Waals surface area contributed by atoms with Crippen LogP contribution in [0.1, 0.15) is 38.9 Å². The first-order valence-electron chi connectivity index (χ1n) is 10.1. The lowest BCUT2D eigenvalue weighted by Gasteiger charge is -2.25. The van der Waals surface area contributed by atoms with Gasteiger partial charge in [-0.25, -0.2) is 0 Å². The van der Waals surface area contributed by atoms with Gasteiger partial charge in [0.15, 0.2) is 5.43 Å². The van der Waals surface area contributed by atoms with Crippen LogP contribution in [0.3, 0.4) is 0 Å². The Morgan fingerprint density at radius 2 is 1.65 bits per heavy atom. The number of amides is 1. The first kappa shape index (κ1) is 19.1. The van der Waals surface area contributed by atoms with Crippen LogP contribution in [0.4, 0.5) is 0 Å². The van der Waals surface area contributed by atoms with E-state index in [4.69, 9.17) is 9.15 Å². The number of fused-ring (bicyclic) bond motifs is 2. The second-order valence-corrected chi connectivity index (χ2v) is 7.76. The van der Waals surface area contributed by atoms with E-state index in [2.05, 4.69) is 0 Å². The maximum absolute atomic E-state index is 13.4. The molecule has 5 nitrogen and oxygen atoms in total. The normalized spacial score (nSPS) is 15.4. The quantitative estimate of drug-likeness (QED) is 0.481. The van der Waals surface area contributed by atoms with E-state index in [0.717, 1.165) is 22.4 Å². The molecule has 5 heteroatoms. The minimum atomic E-state index is -0.508. The Bertz CT molecular complexity index is 1340. The molecule has 0 radical (unpaired) electrons. The number of aryl methyl sites for hydroxylation is 1. The molecule has 3 aromatic carbocycles. The van der Waals surface area contributed by atoms with Gasteiger partial charge in [0.2, 0.25) is 5.76 Å². The van der Waals surface area contributed by atoms with Gasteiger partial charge in [-0.1, -0.05) is 54.1 Å². The predicted octanol–water partition coefficient (Wildman–Crippen LogP) is 4.86. The van der Waals surface area contributed by atoms with Crippen molar-refractivity contribution in [1.82, 2.24) is 4.90 Å². The maximum atomic E-state index is 13.4. The summed E-state index contributed by atoms with van der Waals surface area (Å²) in [7, 11) is 1.62. The number of ether oxygens (including phenoxy) is 1. The van der Waals surface area contributed by atoms with Gasteiger partial charge in [0.05, 0.1) is 24.1 Å². The summed E-state index contributed by atoms with van der Waals surface area (Å²) in [6, 6.07) is 22.0. The summed E-state index contributed by atoms with van der Waals surface area (Å²) >= 11 is 0. The van der Waals surface area contributed by atoms with Crippen molar-refractivity contribution in [2.75, 3.05) is 7.11 Å². The molecule has 1 atom stereocenters. The van der Waals surface area contributed by atoms with Crippen molar-refractivity contribution in [3.63, 3.8) is 0 Å². The highest BCUT2D eigenvalue weighted by atomic mass is 16.5. The van der Waals surface area contributed by atoms with E-state index in [0.29, 0.717) is 23.1 Å². The molecule has 0 saturated heterocycles. The van der Waals surface area contributed by atoms with Crippen molar-refractivity contribution < 1.29 is 13.9 Å². The average molecular weight is 411 g/mol. The smallest absolute Gasteiger partial charge is 0.291 e.